The smallest absolute Gasteiger partial charge is 0.348 e. The molecule has 0 aliphatic rings. The fraction of sp³-hybridized carbons (Fsp3) is 0.600. The molecule has 0 saturated carbocycles. The number of carbonyl (C=O) groups excluding carboxylic acids is 2. The summed E-state index contributed by atoms with van der Waals surface area (Å²) in [5.41, 5.74) is -0.262. The molecule has 0 atom stereocenters. The van der Waals surface area contributed by atoms with Crippen LogP contribution in [-0.2, 0) is 19.1 Å². The van der Waals surface area contributed by atoms with E-state index in [0.29, 0.717) is 13.2 Å². The number of esters is 2. The van der Waals surface area contributed by atoms with Crippen molar-refractivity contribution in [1.29, 1.82) is 10.5 Å². The lowest BCUT2D eigenvalue weighted by Gasteiger charge is -2.02. The largest absolute Gasteiger partial charge is 0.462 e. The van der Waals surface area contributed by atoms with E-state index in [4.69, 9.17) is 15.3 Å². The summed E-state index contributed by atoms with van der Waals surface area (Å²) in [4.78, 5) is 21.7. The Morgan fingerprint density at radius 3 is 1.54 bits per heavy atom. The monoisotopic (exact) mass is 362 g/mol. The van der Waals surface area contributed by atoms with E-state index in [9.17, 15) is 9.59 Å². The lowest BCUT2D eigenvalue weighted by molar-refractivity contribution is -0.139. The second-order valence-corrected chi connectivity index (χ2v) is 5.57. The molecule has 0 fully saturated rings. The summed E-state index contributed by atoms with van der Waals surface area (Å²) in [5.74, 6) is -1.20. The van der Waals surface area contributed by atoms with Gasteiger partial charge >= 0.3 is 11.9 Å². The molecule has 0 heterocycles. The molecule has 6 heteroatoms. The molecule has 0 amide bonds. The number of ether oxygens (including phenoxy) is 2. The SMILES string of the molecule is C=C(C#N)C(=O)OCCCC.C=C(C#N)C(=O)OCCCCCCCC. The molecule has 26 heavy (non-hydrogen) atoms. The van der Waals surface area contributed by atoms with E-state index in [1.54, 1.807) is 12.1 Å². The number of rotatable bonds is 12. The van der Waals surface area contributed by atoms with Gasteiger partial charge < -0.3 is 9.47 Å². The molecule has 0 aromatic heterocycles. The fourth-order valence-corrected chi connectivity index (χ4v) is 1.62. The first-order chi connectivity index (χ1) is 12.4. The average Bonchev–Trinajstić information content (AvgIpc) is 2.66. The minimum absolute atomic E-state index is 0.124. The van der Waals surface area contributed by atoms with Crippen molar-refractivity contribution >= 4 is 11.9 Å². The highest BCUT2D eigenvalue weighted by molar-refractivity contribution is 5.92. The first kappa shape index (κ1) is 25.6. The van der Waals surface area contributed by atoms with Crippen LogP contribution in [0.5, 0.6) is 0 Å². The van der Waals surface area contributed by atoms with Crippen molar-refractivity contribution in [2.24, 2.45) is 0 Å². The topological polar surface area (TPSA) is 100 Å². The van der Waals surface area contributed by atoms with Gasteiger partial charge in [-0.2, -0.15) is 10.5 Å². The molecule has 0 N–H and O–H groups in total. The molecular formula is C20H30N2O4. The summed E-state index contributed by atoms with van der Waals surface area (Å²) in [6.45, 7) is 11.4. The van der Waals surface area contributed by atoms with Crippen molar-refractivity contribution in [1.82, 2.24) is 0 Å². The Kier molecular flexibility index (Phi) is 18.5. The summed E-state index contributed by atoms with van der Waals surface area (Å²) in [7, 11) is 0. The zero-order chi connectivity index (χ0) is 20.2. The van der Waals surface area contributed by atoms with Gasteiger partial charge in [-0.15, -0.1) is 0 Å². The van der Waals surface area contributed by atoms with E-state index in [-0.39, 0.29) is 11.1 Å². The maximum absolute atomic E-state index is 11.0. The Morgan fingerprint density at radius 1 is 0.731 bits per heavy atom. The Hall–Kier alpha value is -2.60. The number of hydrogen-bond donors (Lipinski definition) is 0. The summed E-state index contributed by atoms with van der Waals surface area (Å²) in [6.07, 6.45) is 8.67. The number of nitrogens with zero attached hydrogens (tertiary/aromatic N) is 2. The van der Waals surface area contributed by atoms with Gasteiger partial charge in [0.25, 0.3) is 0 Å². The Balaban J connectivity index is 0. The molecule has 0 bridgehead atoms. The zero-order valence-electron chi connectivity index (χ0n) is 16.0. The molecule has 0 saturated heterocycles. The van der Waals surface area contributed by atoms with Gasteiger partial charge in [0.15, 0.2) is 0 Å². The van der Waals surface area contributed by atoms with Crippen molar-refractivity contribution in [2.75, 3.05) is 13.2 Å². The van der Waals surface area contributed by atoms with Crippen LogP contribution in [0.15, 0.2) is 24.3 Å². The van der Waals surface area contributed by atoms with Crippen molar-refractivity contribution < 1.29 is 19.1 Å². The van der Waals surface area contributed by atoms with Gasteiger partial charge in [-0.05, 0) is 12.8 Å². The Morgan fingerprint density at radius 2 is 1.12 bits per heavy atom. The molecule has 0 aromatic rings. The highest BCUT2D eigenvalue weighted by Crippen LogP contribution is 2.05. The number of hydrogen-bond acceptors (Lipinski definition) is 6. The summed E-state index contributed by atoms with van der Waals surface area (Å²) < 4.78 is 9.51. The molecule has 144 valence electrons. The van der Waals surface area contributed by atoms with Gasteiger partial charge in [0, 0.05) is 0 Å². The van der Waals surface area contributed by atoms with Crippen LogP contribution in [0, 0.1) is 22.7 Å². The average molecular weight is 362 g/mol. The quantitative estimate of drug-likeness (QED) is 0.221. The maximum Gasteiger partial charge on any atom is 0.348 e. The van der Waals surface area contributed by atoms with Crippen LogP contribution >= 0.6 is 0 Å². The third-order valence-electron chi connectivity index (χ3n) is 3.22. The first-order valence-corrected chi connectivity index (χ1v) is 8.96. The molecule has 0 aromatic carbocycles. The maximum atomic E-state index is 11.0. The Labute approximate surface area is 157 Å². The van der Waals surface area contributed by atoms with Crippen molar-refractivity contribution in [2.45, 2.75) is 65.2 Å². The highest BCUT2D eigenvalue weighted by atomic mass is 16.5. The lowest BCUT2D eigenvalue weighted by Crippen LogP contribution is -2.06. The standard InChI is InChI=1S/C12H19NO2.C8H11NO2/c1-3-4-5-6-7-8-9-15-12(14)11(2)10-13;1-3-4-5-11-8(10)7(2)6-9/h2-9H2,1H3;2-5H2,1H3. The molecule has 0 aliphatic carbocycles. The van der Waals surface area contributed by atoms with Crippen LogP contribution in [-0.4, -0.2) is 25.2 Å². The van der Waals surface area contributed by atoms with Crippen LogP contribution in [0.2, 0.25) is 0 Å². The molecule has 0 aliphatic heterocycles. The summed E-state index contributed by atoms with van der Waals surface area (Å²) in [5, 5.41) is 16.6. The lowest BCUT2D eigenvalue weighted by atomic mass is 10.1. The van der Waals surface area contributed by atoms with E-state index in [1.165, 1.54) is 25.7 Å². The molecule has 0 radical (unpaired) electrons. The van der Waals surface area contributed by atoms with Crippen molar-refractivity contribution in [3.05, 3.63) is 24.3 Å². The second kappa shape index (κ2) is 18.7. The molecular weight excluding hydrogens is 332 g/mol. The third kappa shape index (κ3) is 16.3. The normalized spacial score (nSPS) is 8.92. The first-order valence-electron chi connectivity index (χ1n) is 8.96. The van der Waals surface area contributed by atoms with Crippen molar-refractivity contribution in [3.8, 4) is 12.1 Å². The van der Waals surface area contributed by atoms with Crippen LogP contribution in [0.4, 0.5) is 0 Å². The van der Waals surface area contributed by atoms with Crippen molar-refractivity contribution in [3.63, 3.8) is 0 Å². The van der Waals surface area contributed by atoms with E-state index in [1.807, 2.05) is 6.92 Å². The minimum Gasteiger partial charge on any atom is -0.462 e. The van der Waals surface area contributed by atoms with E-state index in [0.717, 1.165) is 25.7 Å². The fourth-order valence-electron chi connectivity index (χ4n) is 1.62. The number of unbranched alkanes of at least 4 members (excludes halogenated alkanes) is 6. The molecule has 0 rings (SSSR count). The molecule has 0 spiro atoms. The van der Waals surface area contributed by atoms with Gasteiger partial charge in [-0.25, -0.2) is 9.59 Å². The van der Waals surface area contributed by atoms with Crippen LogP contribution < -0.4 is 0 Å². The van der Waals surface area contributed by atoms with Gasteiger partial charge in [0.2, 0.25) is 0 Å². The third-order valence-corrected chi connectivity index (χ3v) is 3.22. The predicted molar refractivity (Wildman–Crippen MR) is 99.7 cm³/mol. The predicted octanol–water partition coefficient (Wildman–Crippen LogP) is 4.38. The number of nitriles is 2. The van der Waals surface area contributed by atoms with Crippen LogP contribution in [0.1, 0.15) is 65.2 Å². The van der Waals surface area contributed by atoms with Gasteiger partial charge in [-0.3, -0.25) is 0 Å². The van der Waals surface area contributed by atoms with E-state index < -0.39 is 11.9 Å². The second-order valence-electron chi connectivity index (χ2n) is 5.57. The number of carbonyl (C=O) groups is 2. The minimum atomic E-state index is -0.610. The van der Waals surface area contributed by atoms with Crippen LogP contribution in [0.25, 0.3) is 0 Å². The van der Waals surface area contributed by atoms with E-state index >= 15 is 0 Å². The summed E-state index contributed by atoms with van der Waals surface area (Å²) >= 11 is 0. The van der Waals surface area contributed by atoms with E-state index in [2.05, 4.69) is 24.8 Å². The van der Waals surface area contributed by atoms with Crippen LogP contribution in [0.3, 0.4) is 0 Å². The zero-order valence-corrected chi connectivity index (χ0v) is 16.0. The van der Waals surface area contributed by atoms with Gasteiger partial charge in [-0.1, -0.05) is 65.5 Å². The van der Waals surface area contributed by atoms with Gasteiger partial charge in [0.1, 0.15) is 23.3 Å². The highest BCUT2D eigenvalue weighted by Gasteiger charge is 2.06. The molecule has 6 nitrogen and oxygen atoms in total. The molecule has 0 unspecified atom stereocenters. The summed E-state index contributed by atoms with van der Waals surface area (Å²) in [6, 6.07) is 3.29. The van der Waals surface area contributed by atoms with Gasteiger partial charge in [0.05, 0.1) is 13.2 Å². The Bertz CT molecular complexity index is 527.